The van der Waals surface area contributed by atoms with Crippen LogP contribution in [-0.2, 0) is 13.6 Å². The molecule has 0 spiro atoms. The Morgan fingerprint density at radius 3 is 1.08 bits per heavy atom. The zero-order chi connectivity index (χ0) is 38.1. The predicted octanol–water partition coefficient (Wildman–Crippen LogP) is 14.2. The van der Waals surface area contributed by atoms with Gasteiger partial charge in [0.15, 0.2) is 16.6 Å². The molecule has 5 nitrogen and oxygen atoms in total. The summed E-state index contributed by atoms with van der Waals surface area (Å²) in [5.74, 6) is -0.719. The van der Waals surface area contributed by atoms with E-state index in [0.29, 0.717) is 6.54 Å². The first kappa shape index (κ1) is 49.8. The highest BCUT2D eigenvalue weighted by atomic mass is 28.4. The first-order chi connectivity index (χ1) is 23.4. The number of hydrogen-bond donors (Lipinski definition) is 1. The Balaban J connectivity index is 5.62. The molecule has 0 aliphatic carbocycles. The van der Waals surface area contributed by atoms with Crippen LogP contribution in [0.2, 0.25) is 36.3 Å². The maximum atomic E-state index is 11.9. The monoisotopic (exact) mass is 742 g/mol. The van der Waals surface area contributed by atoms with Gasteiger partial charge in [-0.1, -0.05) is 184 Å². The Morgan fingerprint density at radius 2 is 0.820 bits per heavy atom. The highest BCUT2D eigenvalue weighted by Crippen LogP contribution is 2.39. The first-order valence-corrected chi connectivity index (χ1v) is 27.5. The van der Waals surface area contributed by atoms with Crippen molar-refractivity contribution in [2.45, 2.75) is 252 Å². The standard InChI is InChI=1S/C43H91NO4Si2/c1-13-15-17-19-21-23-25-27-29-31-33-39(47-49(9,10)42(3,4)5)37-44(36-35-41(45)46)38-40(48-50(11,12)43(6,7)8)34-32-30-28-26-24-22-20-18-16-14-2/h39-40H,13-38H2,1-12H3,(H,45,46). The predicted molar refractivity (Wildman–Crippen MR) is 226 cm³/mol. The van der Waals surface area contributed by atoms with Crippen LogP contribution < -0.4 is 0 Å². The second-order valence-corrected chi connectivity index (χ2v) is 28.4. The van der Waals surface area contributed by atoms with Gasteiger partial charge in [-0.15, -0.1) is 0 Å². The molecule has 300 valence electrons. The summed E-state index contributed by atoms with van der Waals surface area (Å²) in [6.07, 6.45) is 29.2. The maximum Gasteiger partial charge on any atom is 0.304 e. The lowest BCUT2D eigenvalue weighted by molar-refractivity contribution is -0.137. The topological polar surface area (TPSA) is 59.0 Å². The third kappa shape index (κ3) is 24.9. The molecule has 0 aliphatic rings. The van der Waals surface area contributed by atoms with E-state index in [0.717, 1.165) is 25.9 Å². The average Bonchev–Trinajstić information content (AvgIpc) is 3.00. The minimum Gasteiger partial charge on any atom is -0.481 e. The zero-order valence-electron chi connectivity index (χ0n) is 36.2. The van der Waals surface area contributed by atoms with Crippen molar-refractivity contribution in [3.63, 3.8) is 0 Å². The molecule has 1 N–H and O–H groups in total. The van der Waals surface area contributed by atoms with Crippen LogP contribution in [0.5, 0.6) is 0 Å². The van der Waals surface area contributed by atoms with Gasteiger partial charge in [0.25, 0.3) is 0 Å². The summed E-state index contributed by atoms with van der Waals surface area (Å²) in [6.45, 7) is 30.2. The van der Waals surface area contributed by atoms with Gasteiger partial charge in [0.2, 0.25) is 0 Å². The van der Waals surface area contributed by atoms with Gasteiger partial charge in [-0.2, -0.15) is 0 Å². The Morgan fingerprint density at radius 1 is 0.540 bits per heavy atom. The third-order valence-corrected chi connectivity index (χ3v) is 20.9. The number of carboxylic acid groups (broad SMARTS) is 1. The number of hydrogen-bond acceptors (Lipinski definition) is 4. The SMILES string of the molecule is CCCCCCCCCCCCC(CN(CCC(=O)O)CC(CCCCCCCCCCCC)O[Si](C)(C)C(C)(C)C)O[Si](C)(C)C(C)(C)C. The molecule has 7 heteroatoms. The van der Waals surface area contributed by atoms with Gasteiger partial charge in [0.1, 0.15) is 0 Å². The summed E-state index contributed by atoms with van der Waals surface area (Å²) < 4.78 is 14.3. The Hall–Kier alpha value is -0.216. The van der Waals surface area contributed by atoms with Crippen LogP contribution in [0, 0.1) is 0 Å². The lowest BCUT2D eigenvalue weighted by Gasteiger charge is -2.42. The number of carboxylic acids is 1. The molecule has 50 heavy (non-hydrogen) atoms. The van der Waals surface area contributed by atoms with E-state index in [-0.39, 0.29) is 28.7 Å². The van der Waals surface area contributed by atoms with Crippen molar-refractivity contribution >= 4 is 22.6 Å². The van der Waals surface area contributed by atoms with Gasteiger partial charge in [-0.25, -0.2) is 0 Å². The van der Waals surface area contributed by atoms with Crippen LogP contribution in [-0.4, -0.2) is 64.5 Å². The molecule has 0 radical (unpaired) electrons. The average molecular weight is 742 g/mol. The van der Waals surface area contributed by atoms with E-state index in [9.17, 15) is 9.90 Å². The highest BCUT2D eigenvalue weighted by molar-refractivity contribution is 6.74. The smallest absolute Gasteiger partial charge is 0.304 e. The zero-order valence-corrected chi connectivity index (χ0v) is 38.2. The number of rotatable bonds is 33. The van der Waals surface area contributed by atoms with E-state index in [2.05, 4.69) is 86.5 Å². The fraction of sp³-hybridized carbons (Fsp3) is 0.977. The first-order valence-electron chi connectivity index (χ1n) is 21.7. The molecule has 0 amide bonds. The van der Waals surface area contributed by atoms with Crippen molar-refractivity contribution in [3.8, 4) is 0 Å². The number of unbranched alkanes of at least 4 members (excludes halogenated alkanes) is 18. The van der Waals surface area contributed by atoms with Crippen molar-refractivity contribution in [1.82, 2.24) is 4.90 Å². The van der Waals surface area contributed by atoms with E-state index in [1.807, 2.05) is 0 Å². The van der Waals surface area contributed by atoms with Gasteiger partial charge >= 0.3 is 5.97 Å². The van der Waals surface area contributed by atoms with Gasteiger partial charge < -0.3 is 14.0 Å². The summed E-state index contributed by atoms with van der Waals surface area (Å²) in [6, 6.07) is 0. The molecule has 0 bridgehead atoms. The van der Waals surface area contributed by atoms with E-state index >= 15 is 0 Å². The molecule has 0 saturated heterocycles. The van der Waals surface area contributed by atoms with E-state index in [4.69, 9.17) is 8.85 Å². The Labute approximate surface area is 316 Å². The number of aliphatic carboxylic acids is 1. The minimum absolute atomic E-state index is 0.129. The fourth-order valence-electron chi connectivity index (χ4n) is 6.37. The summed E-state index contributed by atoms with van der Waals surface area (Å²) in [5.41, 5.74) is 0. The molecule has 0 aromatic carbocycles. The van der Waals surface area contributed by atoms with Crippen molar-refractivity contribution in [1.29, 1.82) is 0 Å². The van der Waals surface area contributed by atoms with Crippen LogP contribution in [0.25, 0.3) is 0 Å². The molecule has 0 saturated carbocycles. The van der Waals surface area contributed by atoms with Crippen LogP contribution in [0.3, 0.4) is 0 Å². The van der Waals surface area contributed by atoms with Crippen molar-refractivity contribution in [2.24, 2.45) is 0 Å². The maximum absolute atomic E-state index is 11.9. The fourth-order valence-corrected chi connectivity index (χ4v) is 9.13. The summed E-state index contributed by atoms with van der Waals surface area (Å²) in [5, 5.41) is 10.0. The highest BCUT2D eigenvalue weighted by Gasteiger charge is 2.41. The summed E-state index contributed by atoms with van der Waals surface area (Å²) >= 11 is 0. The van der Waals surface area contributed by atoms with Crippen LogP contribution in [0.1, 0.15) is 203 Å². The normalized spacial score (nSPS) is 14.4. The van der Waals surface area contributed by atoms with Crippen molar-refractivity contribution in [2.75, 3.05) is 19.6 Å². The van der Waals surface area contributed by atoms with E-state index < -0.39 is 22.6 Å². The minimum atomic E-state index is -1.99. The Bertz CT molecular complexity index is 763. The van der Waals surface area contributed by atoms with Crippen molar-refractivity contribution < 1.29 is 18.8 Å². The van der Waals surface area contributed by atoms with Gasteiger partial charge in [0, 0.05) is 19.6 Å². The number of nitrogens with zero attached hydrogens (tertiary/aromatic N) is 1. The second kappa shape index (κ2) is 27.4. The second-order valence-electron chi connectivity index (χ2n) is 18.8. The lowest BCUT2D eigenvalue weighted by Crippen LogP contribution is -2.50. The van der Waals surface area contributed by atoms with Crippen LogP contribution in [0.15, 0.2) is 0 Å². The van der Waals surface area contributed by atoms with Gasteiger partial charge in [-0.05, 0) is 49.1 Å². The summed E-state index contributed by atoms with van der Waals surface area (Å²) in [7, 11) is -3.99. The quantitative estimate of drug-likeness (QED) is 0.0536. The molecule has 2 unspecified atom stereocenters. The van der Waals surface area contributed by atoms with Crippen molar-refractivity contribution in [3.05, 3.63) is 0 Å². The third-order valence-electron chi connectivity index (χ3n) is 11.9. The van der Waals surface area contributed by atoms with E-state index in [1.54, 1.807) is 0 Å². The van der Waals surface area contributed by atoms with Crippen LogP contribution in [0.4, 0.5) is 0 Å². The largest absolute Gasteiger partial charge is 0.481 e. The molecule has 0 heterocycles. The molecule has 0 rings (SSSR count). The molecule has 0 aromatic heterocycles. The van der Waals surface area contributed by atoms with E-state index in [1.165, 1.54) is 128 Å². The van der Waals surface area contributed by atoms with Gasteiger partial charge in [0.05, 0.1) is 18.6 Å². The lowest BCUT2D eigenvalue weighted by atomic mass is 10.0. The molecule has 0 aromatic rings. The molecule has 0 fully saturated rings. The summed E-state index contributed by atoms with van der Waals surface area (Å²) in [4.78, 5) is 14.3. The molecular formula is C43H91NO4Si2. The van der Waals surface area contributed by atoms with Crippen LogP contribution >= 0.6 is 0 Å². The number of carbonyl (C=O) groups is 1. The molecular weight excluding hydrogens is 651 g/mol. The molecule has 0 aliphatic heterocycles. The molecule has 2 atom stereocenters. The van der Waals surface area contributed by atoms with Gasteiger partial charge in [-0.3, -0.25) is 9.69 Å². The Kier molecular flexibility index (Phi) is 27.3.